The summed E-state index contributed by atoms with van der Waals surface area (Å²) in [7, 11) is -1.20. The van der Waals surface area contributed by atoms with Crippen molar-refractivity contribution in [2.24, 2.45) is 0 Å². The van der Waals surface area contributed by atoms with Gasteiger partial charge in [-0.05, 0) is 43.8 Å². The van der Waals surface area contributed by atoms with Crippen LogP contribution in [0.5, 0.6) is 0 Å². The fraction of sp³-hybridized carbons (Fsp3) is 0.450. The molecule has 1 N–H and O–H groups in total. The number of piperidine rings is 1. The molecular weight excluding hydrogens is 399 g/mol. The first-order valence-electron chi connectivity index (χ1n) is 10.3. The largest absolute Gasteiger partial charge is 0.366 e. The van der Waals surface area contributed by atoms with Gasteiger partial charge in [0.05, 0.1) is 5.25 Å². The lowest BCUT2D eigenvalue weighted by molar-refractivity contribution is 0.314. The van der Waals surface area contributed by atoms with Crippen LogP contribution in [-0.2, 0) is 16.6 Å². The lowest BCUT2D eigenvalue weighted by Crippen LogP contribution is -2.41. The lowest BCUT2D eigenvalue weighted by atomic mass is 9.94. The second-order valence-corrected chi connectivity index (χ2v) is 10.6. The lowest BCUT2D eigenvalue weighted by Gasteiger charge is -2.32. The summed E-state index contributed by atoms with van der Waals surface area (Å²) in [6.07, 6.45) is 6.95. The van der Waals surface area contributed by atoms with E-state index in [4.69, 9.17) is 4.98 Å². The highest BCUT2D eigenvalue weighted by molar-refractivity contribution is 7.89. The van der Waals surface area contributed by atoms with Gasteiger partial charge in [0.25, 0.3) is 0 Å². The van der Waals surface area contributed by atoms with Gasteiger partial charge in [-0.2, -0.15) is 9.61 Å². The molecule has 10 heteroatoms. The molecule has 0 aliphatic carbocycles. The Bertz CT molecular complexity index is 1120. The third kappa shape index (κ3) is 4.06. The van der Waals surface area contributed by atoms with Gasteiger partial charge in [0.1, 0.15) is 13.7 Å². The molecule has 0 spiro atoms. The van der Waals surface area contributed by atoms with Gasteiger partial charge in [-0.15, -0.1) is 0 Å². The molecule has 1 saturated heterocycles. The zero-order valence-electron chi connectivity index (χ0n) is 17.6. The van der Waals surface area contributed by atoms with Gasteiger partial charge in [-0.1, -0.05) is 6.07 Å². The number of fused-ring (bicyclic) bond motifs is 1. The molecule has 3 aromatic heterocycles. The second-order valence-electron chi connectivity index (χ2n) is 8.11. The molecule has 4 rings (SSSR count). The van der Waals surface area contributed by atoms with E-state index >= 15 is 0 Å². The van der Waals surface area contributed by atoms with Crippen molar-refractivity contribution in [3.8, 4) is 0 Å². The predicted octanol–water partition coefficient (Wildman–Crippen LogP) is 0.912. The maximum Gasteiger partial charge on any atom is 0.216 e. The quantitative estimate of drug-likeness (QED) is 0.590. The van der Waals surface area contributed by atoms with Crippen molar-refractivity contribution in [3.05, 3.63) is 48.0 Å². The van der Waals surface area contributed by atoms with E-state index in [1.54, 1.807) is 24.3 Å². The Labute approximate surface area is 178 Å². The number of rotatable bonds is 6. The van der Waals surface area contributed by atoms with Crippen LogP contribution in [0.3, 0.4) is 0 Å². The fourth-order valence-corrected chi connectivity index (χ4v) is 5.14. The Morgan fingerprint density at radius 3 is 2.70 bits per heavy atom. The second kappa shape index (κ2) is 8.35. The van der Waals surface area contributed by atoms with E-state index in [0.717, 1.165) is 41.0 Å². The van der Waals surface area contributed by atoms with E-state index in [1.165, 1.54) is 0 Å². The Morgan fingerprint density at radius 1 is 1.27 bits per heavy atom. The van der Waals surface area contributed by atoms with Crippen LogP contribution in [0.2, 0.25) is 0 Å². The van der Waals surface area contributed by atoms with Crippen molar-refractivity contribution in [1.82, 2.24) is 23.9 Å². The molecule has 1 fully saturated rings. The number of hydrogen-bond acceptors (Lipinski definition) is 6. The molecule has 158 valence electrons. The van der Waals surface area contributed by atoms with Crippen molar-refractivity contribution in [2.75, 3.05) is 18.4 Å². The SMILES string of the molecule is Bc1cnn2c(NCc3cccnc3)cc(C3CCN(S(=O)(=O)C(C)C)CC3)nc12. The number of nitrogens with one attached hydrogen (secondary N) is 1. The highest BCUT2D eigenvalue weighted by atomic mass is 32.2. The summed E-state index contributed by atoms with van der Waals surface area (Å²) in [5.74, 6) is 1.10. The molecule has 0 bridgehead atoms. The van der Waals surface area contributed by atoms with Crippen LogP contribution in [0, 0.1) is 0 Å². The van der Waals surface area contributed by atoms with Crippen molar-refractivity contribution in [1.29, 1.82) is 0 Å². The molecule has 3 aromatic rings. The first-order valence-corrected chi connectivity index (χ1v) is 11.8. The average molecular weight is 426 g/mol. The number of pyridine rings is 1. The number of nitrogens with zero attached hydrogens (tertiary/aromatic N) is 5. The summed E-state index contributed by atoms with van der Waals surface area (Å²) >= 11 is 0. The molecule has 8 nitrogen and oxygen atoms in total. The van der Waals surface area contributed by atoms with Crippen LogP contribution in [0.15, 0.2) is 36.8 Å². The van der Waals surface area contributed by atoms with Gasteiger partial charge in [-0.25, -0.2) is 17.7 Å². The van der Waals surface area contributed by atoms with Gasteiger partial charge in [0.15, 0.2) is 5.65 Å². The molecule has 1 aliphatic rings. The summed E-state index contributed by atoms with van der Waals surface area (Å²) in [5, 5.41) is 7.54. The van der Waals surface area contributed by atoms with E-state index < -0.39 is 10.0 Å². The molecule has 0 radical (unpaired) electrons. The first kappa shape index (κ1) is 20.8. The topological polar surface area (TPSA) is 92.5 Å². The molecule has 0 saturated carbocycles. The number of hydrogen-bond donors (Lipinski definition) is 1. The molecule has 4 heterocycles. The highest BCUT2D eigenvalue weighted by Gasteiger charge is 2.31. The van der Waals surface area contributed by atoms with Gasteiger partial charge < -0.3 is 5.32 Å². The fourth-order valence-electron chi connectivity index (χ4n) is 3.83. The molecular formula is C20H27BN6O2S. The summed E-state index contributed by atoms with van der Waals surface area (Å²) < 4.78 is 28.4. The molecule has 1 aliphatic heterocycles. The van der Waals surface area contributed by atoms with E-state index in [0.29, 0.717) is 19.6 Å². The minimum Gasteiger partial charge on any atom is -0.366 e. The van der Waals surface area contributed by atoms with E-state index in [2.05, 4.69) is 15.4 Å². The molecule has 0 atom stereocenters. The van der Waals surface area contributed by atoms with E-state index in [1.807, 2.05) is 43.0 Å². The van der Waals surface area contributed by atoms with Crippen LogP contribution in [0.25, 0.3) is 5.65 Å². The predicted molar refractivity (Wildman–Crippen MR) is 120 cm³/mol. The van der Waals surface area contributed by atoms with Gasteiger partial charge in [0, 0.05) is 55.9 Å². The molecule has 0 aromatic carbocycles. The number of sulfonamides is 1. The first-order chi connectivity index (χ1) is 14.4. The van der Waals surface area contributed by atoms with Crippen molar-refractivity contribution >= 4 is 34.8 Å². The molecule has 30 heavy (non-hydrogen) atoms. The Kier molecular flexibility index (Phi) is 5.79. The van der Waals surface area contributed by atoms with Crippen LogP contribution in [-0.4, -0.2) is 58.5 Å². The summed E-state index contributed by atoms with van der Waals surface area (Å²) in [4.78, 5) is 9.04. The van der Waals surface area contributed by atoms with Crippen molar-refractivity contribution in [2.45, 2.75) is 44.4 Å². The highest BCUT2D eigenvalue weighted by Crippen LogP contribution is 2.30. The summed E-state index contributed by atoms with van der Waals surface area (Å²) in [5.41, 5.74) is 3.92. The smallest absolute Gasteiger partial charge is 0.216 e. The normalized spacial score (nSPS) is 16.4. The van der Waals surface area contributed by atoms with E-state index in [9.17, 15) is 8.42 Å². The zero-order chi connectivity index (χ0) is 21.3. The van der Waals surface area contributed by atoms with Crippen LogP contribution in [0.1, 0.15) is 43.9 Å². The van der Waals surface area contributed by atoms with Crippen molar-refractivity contribution < 1.29 is 8.42 Å². The summed E-state index contributed by atoms with van der Waals surface area (Å²) in [6.45, 7) is 5.18. The molecule has 0 amide bonds. The van der Waals surface area contributed by atoms with Crippen LogP contribution >= 0.6 is 0 Å². The van der Waals surface area contributed by atoms with Crippen LogP contribution < -0.4 is 10.8 Å². The molecule has 0 unspecified atom stereocenters. The Hall–Kier alpha value is -2.46. The maximum atomic E-state index is 12.5. The van der Waals surface area contributed by atoms with E-state index in [-0.39, 0.29) is 11.2 Å². The standard InChI is InChI=1S/C20H27BN6O2S/c1-14(2)30(28,29)26-8-5-16(6-9-26)18-10-19(23-12-15-4-3-7-22-11-15)27-20(25-18)17(21)13-24-27/h3-4,7,10-11,13-14,16,23H,5-6,8-9,12,21H2,1-2H3. The minimum absolute atomic E-state index is 0.224. The van der Waals surface area contributed by atoms with Gasteiger partial charge >= 0.3 is 0 Å². The number of anilines is 1. The maximum absolute atomic E-state index is 12.5. The third-order valence-corrected chi connectivity index (χ3v) is 7.97. The Morgan fingerprint density at radius 2 is 2.03 bits per heavy atom. The third-order valence-electron chi connectivity index (χ3n) is 5.69. The minimum atomic E-state index is -3.20. The monoisotopic (exact) mass is 426 g/mol. The van der Waals surface area contributed by atoms with Gasteiger partial charge in [-0.3, -0.25) is 4.98 Å². The zero-order valence-corrected chi connectivity index (χ0v) is 18.4. The Balaban J connectivity index is 1.57. The summed E-state index contributed by atoms with van der Waals surface area (Å²) in [6, 6.07) is 5.99. The number of aromatic nitrogens is 4. The average Bonchev–Trinajstić information content (AvgIpc) is 3.13. The van der Waals surface area contributed by atoms with Crippen LogP contribution in [0.4, 0.5) is 5.82 Å². The van der Waals surface area contributed by atoms with Crippen molar-refractivity contribution in [3.63, 3.8) is 0 Å². The van der Waals surface area contributed by atoms with Gasteiger partial charge in [0.2, 0.25) is 10.0 Å².